The molecule has 0 radical (unpaired) electrons. The number of hydrazone groups is 1. The molecule has 2 N–H and O–H groups in total. The van der Waals surface area contributed by atoms with Crippen molar-refractivity contribution < 1.29 is 14.8 Å². The maximum atomic E-state index is 11.6. The Morgan fingerprint density at radius 3 is 2.62 bits per heavy atom. The Hall–Kier alpha value is -1.58. The van der Waals surface area contributed by atoms with Crippen LogP contribution in [0.4, 0.5) is 4.79 Å². The number of nitrogens with one attached hydrogen (secondary N) is 1. The fourth-order valence-electron chi connectivity index (χ4n) is 1.27. The summed E-state index contributed by atoms with van der Waals surface area (Å²) < 4.78 is 1.53. The van der Waals surface area contributed by atoms with Crippen LogP contribution in [0, 0.1) is 0 Å². The number of hydrazine groups is 1. The number of hydrogen-bond acceptors (Lipinski definition) is 6. The van der Waals surface area contributed by atoms with Crippen LogP contribution >= 0.6 is 28.7 Å². The number of hydroxylamine groups is 2. The van der Waals surface area contributed by atoms with Crippen LogP contribution in [0.5, 0.6) is 0 Å². The van der Waals surface area contributed by atoms with E-state index in [-0.39, 0.29) is 11.5 Å². The summed E-state index contributed by atoms with van der Waals surface area (Å²) in [4.78, 5) is 22.9. The third-order valence-corrected chi connectivity index (χ3v) is 3.09. The van der Waals surface area contributed by atoms with Gasteiger partial charge in [0.05, 0.1) is 6.21 Å². The quantitative estimate of drug-likeness (QED) is 0.320. The molecule has 21 heavy (non-hydrogen) atoms. The molecule has 0 atom stereocenters. The van der Waals surface area contributed by atoms with E-state index in [0.29, 0.717) is 10.8 Å². The molecule has 0 aliphatic heterocycles. The molecule has 0 unspecified atom stereocenters. The van der Waals surface area contributed by atoms with Crippen molar-refractivity contribution in [3.05, 3.63) is 34.3 Å². The zero-order valence-electron chi connectivity index (χ0n) is 11.2. The first-order chi connectivity index (χ1) is 9.95. The van der Waals surface area contributed by atoms with Crippen molar-refractivity contribution in [2.75, 3.05) is 0 Å². The minimum atomic E-state index is -1.04. The first-order valence-electron chi connectivity index (χ1n) is 6.04. The highest BCUT2D eigenvalue weighted by Crippen LogP contribution is 2.09. The third kappa shape index (κ3) is 5.74. The van der Waals surface area contributed by atoms with Gasteiger partial charge in [-0.2, -0.15) is 9.52 Å². The van der Waals surface area contributed by atoms with E-state index in [1.807, 2.05) is 24.3 Å². The van der Waals surface area contributed by atoms with E-state index in [1.54, 1.807) is 6.92 Å². The van der Waals surface area contributed by atoms with E-state index < -0.39 is 11.9 Å². The summed E-state index contributed by atoms with van der Waals surface area (Å²) in [6, 6.07) is 6.25. The maximum absolute atomic E-state index is 11.6. The van der Waals surface area contributed by atoms with Crippen LogP contribution in [-0.4, -0.2) is 32.8 Å². The van der Waals surface area contributed by atoms with Gasteiger partial charge in [0.2, 0.25) is 0 Å². The summed E-state index contributed by atoms with van der Waals surface area (Å²) in [6.45, 7) is 1.76. The average molecular weight is 375 g/mol. The van der Waals surface area contributed by atoms with Gasteiger partial charge in [-0.3, -0.25) is 10.0 Å². The number of rotatable bonds is 5. The van der Waals surface area contributed by atoms with E-state index in [2.05, 4.69) is 39.4 Å². The number of imide groups is 1. The van der Waals surface area contributed by atoms with E-state index in [9.17, 15) is 14.8 Å². The molecular weight excluding hydrogens is 360 g/mol. The second kappa shape index (κ2) is 8.65. The number of carbonyl (C=O) groups excluding carboxylic acids is 2. The molecule has 1 aromatic carbocycles. The van der Waals surface area contributed by atoms with E-state index in [1.165, 1.54) is 6.21 Å². The van der Waals surface area contributed by atoms with Crippen LogP contribution in [0.2, 0.25) is 0 Å². The predicted octanol–water partition coefficient (Wildman–Crippen LogP) is 2.57. The number of amides is 3. The zero-order valence-corrected chi connectivity index (χ0v) is 13.7. The minimum absolute atomic E-state index is 0.00134. The molecule has 9 heteroatoms. The SMILES string of the molecule is CCCC(=O)N(O)C(=O)N(S)N/N=C/c1ccc(Br)cc1. The van der Waals surface area contributed by atoms with Crippen molar-refractivity contribution in [3.63, 3.8) is 0 Å². The van der Waals surface area contributed by atoms with Crippen LogP contribution < -0.4 is 5.53 Å². The molecule has 7 nitrogen and oxygen atoms in total. The highest BCUT2D eigenvalue weighted by atomic mass is 79.9. The number of hydrogen-bond donors (Lipinski definition) is 3. The second-order valence-corrected chi connectivity index (χ2v) is 5.28. The number of carbonyl (C=O) groups is 2. The first kappa shape index (κ1) is 17.5. The lowest BCUT2D eigenvalue weighted by molar-refractivity contribution is -0.154. The van der Waals surface area contributed by atoms with Gasteiger partial charge in [-0.1, -0.05) is 35.0 Å². The summed E-state index contributed by atoms with van der Waals surface area (Å²) in [5.74, 6) is -0.708. The number of benzene rings is 1. The van der Waals surface area contributed by atoms with Crippen LogP contribution in [0.25, 0.3) is 0 Å². The molecule has 0 saturated carbocycles. The lowest BCUT2D eigenvalue weighted by atomic mass is 10.2. The summed E-state index contributed by atoms with van der Waals surface area (Å²) in [5, 5.41) is 13.1. The topological polar surface area (TPSA) is 85.2 Å². The van der Waals surface area contributed by atoms with Gasteiger partial charge in [0.1, 0.15) is 0 Å². The summed E-state index contributed by atoms with van der Waals surface area (Å²) in [7, 11) is 0. The van der Waals surface area contributed by atoms with Crippen molar-refractivity contribution in [3.8, 4) is 0 Å². The predicted molar refractivity (Wildman–Crippen MR) is 84.6 cm³/mol. The fourth-order valence-corrected chi connectivity index (χ4v) is 1.67. The molecule has 0 bridgehead atoms. The van der Waals surface area contributed by atoms with Gasteiger partial charge in [0.15, 0.2) is 0 Å². The lowest BCUT2D eigenvalue weighted by Crippen LogP contribution is -2.44. The monoisotopic (exact) mass is 374 g/mol. The van der Waals surface area contributed by atoms with E-state index in [0.717, 1.165) is 10.0 Å². The molecule has 0 aliphatic rings. The van der Waals surface area contributed by atoms with Gasteiger partial charge >= 0.3 is 6.03 Å². The summed E-state index contributed by atoms with van der Waals surface area (Å²) in [6.07, 6.45) is 2.04. The highest BCUT2D eigenvalue weighted by Gasteiger charge is 2.22. The Morgan fingerprint density at radius 2 is 2.05 bits per heavy atom. The van der Waals surface area contributed by atoms with Crippen LogP contribution in [0.3, 0.4) is 0 Å². The molecule has 0 saturated heterocycles. The summed E-state index contributed by atoms with van der Waals surface area (Å²) >= 11 is 7.09. The van der Waals surface area contributed by atoms with Gasteiger partial charge in [0.25, 0.3) is 5.91 Å². The summed E-state index contributed by atoms with van der Waals surface area (Å²) in [5.41, 5.74) is 3.07. The largest absolute Gasteiger partial charge is 0.381 e. The molecule has 3 amide bonds. The van der Waals surface area contributed by atoms with Gasteiger partial charge in [-0.15, -0.1) is 5.06 Å². The third-order valence-electron chi connectivity index (χ3n) is 2.30. The molecule has 1 aromatic rings. The maximum Gasteiger partial charge on any atom is 0.381 e. The molecular formula is C12H15BrN4O3S. The fraction of sp³-hybridized carbons (Fsp3) is 0.250. The molecule has 0 aromatic heterocycles. The number of halogens is 1. The van der Waals surface area contributed by atoms with Crippen molar-refractivity contribution in [2.24, 2.45) is 5.10 Å². The van der Waals surface area contributed by atoms with Gasteiger partial charge in [-0.25, -0.2) is 10.3 Å². The molecule has 114 valence electrons. The van der Waals surface area contributed by atoms with Crippen LogP contribution in [0.15, 0.2) is 33.8 Å². The van der Waals surface area contributed by atoms with Crippen molar-refractivity contribution in [2.45, 2.75) is 19.8 Å². The van der Waals surface area contributed by atoms with Crippen LogP contribution in [0.1, 0.15) is 25.3 Å². The van der Waals surface area contributed by atoms with E-state index in [4.69, 9.17) is 0 Å². The molecule has 0 aliphatic carbocycles. The first-order valence-corrected chi connectivity index (χ1v) is 7.24. The van der Waals surface area contributed by atoms with Crippen molar-refractivity contribution >= 4 is 46.9 Å². The molecule has 0 fully saturated rings. The highest BCUT2D eigenvalue weighted by molar-refractivity contribution is 9.10. The number of nitrogens with zero attached hydrogens (tertiary/aromatic N) is 3. The van der Waals surface area contributed by atoms with Crippen LogP contribution in [-0.2, 0) is 4.79 Å². The minimum Gasteiger partial charge on any atom is -0.277 e. The molecule has 0 spiro atoms. The Kier molecular flexibility index (Phi) is 7.20. The second-order valence-electron chi connectivity index (χ2n) is 3.96. The Bertz CT molecular complexity index is 524. The zero-order chi connectivity index (χ0) is 15.8. The van der Waals surface area contributed by atoms with Crippen molar-refractivity contribution in [1.82, 2.24) is 15.0 Å². The smallest absolute Gasteiger partial charge is 0.277 e. The Morgan fingerprint density at radius 1 is 1.43 bits per heavy atom. The number of thiol groups is 1. The Balaban J connectivity index is 2.52. The van der Waals surface area contributed by atoms with E-state index >= 15 is 0 Å². The van der Waals surface area contributed by atoms with Gasteiger partial charge < -0.3 is 0 Å². The standard InChI is InChI=1S/C12H15BrN4O3S/c1-2-3-11(18)16(20)12(19)17(21)15-14-8-9-4-6-10(13)7-5-9/h4-8,15,20-21H,2-3H2,1H3/b14-8+. The lowest BCUT2D eigenvalue weighted by Gasteiger charge is -2.19. The Labute approximate surface area is 136 Å². The number of urea groups is 1. The van der Waals surface area contributed by atoms with Gasteiger partial charge in [-0.05, 0) is 36.9 Å². The normalized spacial score (nSPS) is 10.5. The average Bonchev–Trinajstić information content (AvgIpc) is 2.47. The van der Waals surface area contributed by atoms with Crippen molar-refractivity contribution in [1.29, 1.82) is 0 Å². The van der Waals surface area contributed by atoms with Gasteiger partial charge in [0, 0.05) is 10.9 Å². The molecule has 0 heterocycles. The molecule has 1 rings (SSSR count).